The molecule has 3 heteroatoms. The average Bonchev–Trinajstić information content (AvgIpc) is 2.92. The van der Waals surface area contributed by atoms with Gasteiger partial charge >= 0.3 is 0 Å². The van der Waals surface area contributed by atoms with Crippen molar-refractivity contribution in [1.29, 1.82) is 0 Å². The van der Waals surface area contributed by atoms with E-state index in [1.54, 1.807) is 5.57 Å². The zero-order chi connectivity index (χ0) is 17.1. The largest absolute Gasteiger partial charge is 0.297 e. The van der Waals surface area contributed by atoms with E-state index in [1.165, 1.54) is 11.1 Å². The Kier molecular flexibility index (Phi) is 3.69. The summed E-state index contributed by atoms with van der Waals surface area (Å²) in [5.74, 6) is 1.45. The monoisotopic (exact) mass is 344 g/mol. The van der Waals surface area contributed by atoms with Crippen LogP contribution < -0.4 is 0 Å². The molecule has 2 nitrogen and oxygen atoms in total. The lowest BCUT2D eigenvalue weighted by Crippen LogP contribution is -2.43. The van der Waals surface area contributed by atoms with E-state index in [0.29, 0.717) is 29.1 Å². The fourth-order valence-corrected chi connectivity index (χ4v) is 6.45. The Balaban J connectivity index is 1.77. The molecular weight excluding hydrogens is 320 g/mol. The summed E-state index contributed by atoms with van der Waals surface area (Å²) in [6.07, 6.45) is 12.0. The van der Waals surface area contributed by atoms with Crippen LogP contribution in [0.15, 0.2) is 33.9 Å². The molecule has 0 aromatic rings. The van der Waals surface area contributed by atoms with Crippen molar-refractivity contribution in [2.24, 2.45) is 22.7 Å². The van der Waals surface area contributed by atoms with Crippen LogP contribution in [-0.4, -0.2) is 12.1 Å². The van der Waals surface area contributed by atoms with Crippen LogP contribution in [0.2, 0.25) is 0 Å². The first-order valence-corrected chi connectivity index (χ1v) is 9.56. The zero-order valence-corrected chi connectivity index (χ0v) is 15.3. The van der Waals surface area contributed by atoms with Gasteiger partial charge in [-0.2, -0.15) is 0 Å². The van der Waals surface area contributed by atoms with Gasteiger partial charge in [0.1, 0.15) is 0 Å². The van der Waals surface area contributed by atoms with Gasteiger partial charge < -0.3 is 0 Å². The van der Waals surface area contributed by atoms with E-state index in [2.05, 4.69) is 19.9 Å². The highest BCUT2D eigenvalue weighted by Crippen LogP contribution is 2.64. The van der Waals surface area contributed by atoms with Crippen molar-refractivity contribution in [3.8, 4) is 0 Å². The summed E-state index contributed by atoms with van der Waals surface area (Å²) in [4.78, 5) is 23.1. The fraction of sp³-hybridized carbons (Fsp3) is 0.619. The molecule has 0 amide bonds. The van der Waals surface area contributed by atoms with E-state index in [0.717, 1.165) is 44.8 Å². The Hall–Kier alpha value is -1.15. The van der Waals surface area contributed by atoms with Gasteiger partial charge in [-0.05, 0) is 67.4 Å². The molecule has 0 saturated heterocycles. The lowest BCUT2D eigenvalue weighted by Gasteiger charge is -2.52. The second-order valence-corrected chi connectivity index (χ2v) is 8.89. The first-order chi connectivity index (χ1) is 11.4. The molecule has 128 valence electrons. The van der Waals surface area contributed by atoms with Crippen LogP contribution in [0.25, 0.3) is 0 Å². The molecule has 0 bridgehead atoms. The van der Waals surface area contributed by atoms with E-state index < -0.39 is 0 Å². The molecule has 0 unspecified atom stereocenters. The topological polar surface area (TPSA) is 34.1 Å². The molecule has 4 aliphatic rings. The normalized spacial score (nSPS) is 43.2. The lowest BCUT2D eigenvalue weighted by atomic mass is 9.51. The van der Waals surface area contributed by atoms with E-state index >= 15 is 0 Å². The maximum Gasteiger partial charge on any atom is 0.161 e. The number of fused-ring (bicyclic) bond motifs is 5. The first-order valence-electron chi connectivity index (χ1n) is 9.19. The quantitative estimate of drug-likeness (QED) is 0.375. The number of halogens is 1. The number of aldehydes is 1. The molecule has 0 aliphatic heterocycles. The third-order valence-electron chi connectivity index (χ3n) is 7.51. The molecule has 0 aromatic heterocycles. The van der Waals surface area contributed by atoms with Crippen LogP contribution in [0.4, 0.5) is 0 Å². The smallest absolute Gasteiger partial charge is 0.161 e. The SMILES string of the molecule is C[C@]12CCC(=O)C=C1CC[C@@H]1C2=CC[C@]2(C)C(=C(Cl)C=O)CC[C@@H]12. The van der Waals surface area contributed by atoms with Gasteiger partial charge in [-0.15, -0.1) is 0 Å². The van der Waals surface area contributed by atoms with Crippen molar-refractivity contribution in [1.82, 2.24) is 0 Å². The van der Waals surface area contributed by atoms with Gasteiger partial charge in [0.05, 0.1) is 5.03 Å². The van der Waals surface area contributed by atoms with Crippen LogP contribution in [0, 0.1) is 22.7 Å². The van der Waals surface area contributed by atoms with Crippen molar-refractivity contribution in [3.05, 3.63) is 33.9 Å². The highest BCUT2D eigenvalue weighted by Gasteiger charge is 2.54. The van der Waals surface area contributed by atoms with Crippen molar-refractivity contribution in [2.45, 2.75) is 58.8 Å². The molecular formula is C21H25ClO2. The second-order valence-electron chi connectivity index (χ2n) is 8.48. The van der Waals surface area contributed by atoms with Gasteiger partial charge in [0, 0.05) is 11.8 Å². The molecule has 0 aromatic carbocycles. The minimum Gasteiger partial charge on any atom is -0.297 e. The Labute approximate surface area is 149 Å². The van der Waals surface area contributed by atoms with Gasteiger partial charge in [0.15, 0.2) is 12.1 Å². The molecule has 2 fully saturated rings. The number of hydrogen-bond acceptors (Lipinski definition) is 2. The van der Waals surface area contributed by atoms with Crippen LogP contribution in [0.3, 0.4) is 0 Å². The van der Waals surface area contributed by atoms with Crippen LogP contribution in [0.5, 0.6) is 0 Å². The second kappa shape index (κ2) is 5.42. The van der Waals surface area contributed by atoms with Crippen LogP contribution in [0.1, 0.15) is 58.8 Å². The number of carbonyl (C=O) groups excluding carboxylic acids is 2. The Morgan fingerprint density at radius 3 is 2.79 bits per heavy atom. The van der Waals surface area contributed by atoms with Gasteiger partial charge in [0.25, 0.3) is 0 Å². The van der Waals surface area contributed by atoms with Gasteiger partial charge in [-0.1, -0.05) is 42.7 Å². The Morgan fingerprint density at radius 1 is 1.25 bits per heavy atom. The summed E-state index contributed by atoms with van der Waals surface area (Å²) in [7, 11) is 0. The molecule has 4 rings (SSSR count). The Morgan fingerprint density at radius 2 is 2.04 bits per heavy atom. The molecule has 0 spiro atoms. The molecule has 0 N–H and O–H groups in total. The van der Waals surface area contributed by atoms with E-state index in [4.69, 9.17) is 11.6 Å². The molecule has 4 aliphatic carbocycles. The maximum absolute atomic E-state index is 11.9. The molecule has 2 saturated carbocycles. The van der Waals surface area contributed by atoms with Crippen LogP contribution >= 0.6 is 11.6 Å². The minimum atomic E-state index is 0.0359. The third kappa shape index (κ3) is 2.08. The summed E-state index contributed by atoms with van der Waals surface area (Å²) >= 11 is 6.25. The number of carbonyl (C=O) groups is 2. The van der Waals surface area contributed by atoms with E-state index in [9.17, 15) is 9.59 Å². The Bertz CT molecular complexity index is 713. The van der Waals surface area contributed by atoms with Gasteiger partial charge in [-0.25, -0.2) is 0 Å². The molecule has 24 heavy (non-hydrogen) atoms. The average molecular weight is 345 g/mol. The summed E-state index contributed by atoms with van der Waals surface area (Å²) in [6, 6.07) is 0. The van der Waals surface area contributed by atoms with Crippen molar-refractivity contribution in [3.63, 3.8) is 0 Å². The predicted octanol–water partition coefficient (Wildman–Crippen LogP) is 5.13. The predicted molar refractivity (Wildman–Crippen MR) is 95.6 cm³/mol. The van der Waals surface area contributed by atoms with Gasteiger partial charge in [-0.3, -0.25) is 9.59 Å². The number of ketones is 1. The van der Waals surface area contributed by atoms with E-state index in [1.807, 2.05) is 6.08 Å². The van der Waals surface area contributed by atoms with Crippen molar-refractivity contribution >= 4 is 23.7 Å². The molecule has 0 radical (unpaired) electrons. The molecule has 4 atom stereocenters. The first kappa shape index (κ1) is 16.3. The fourth-order valence-electron chi connectivity index (χ4n) is 6.14. The maximum atomic E-state index is 11.9. The number of hydrogen-bond donors (Lipinski definition) is 0. The van der Waals surface area contributed by atoms with Crippen molar-refractivity contribution < 1.29 is 9.59 Å². The minimum absolute atomic E-state index is 0.0359. The summed E-state index contributed by atoms with van der Waals surface area (Å²) in [5, 5.41) is 0.433. The molecule has 0 heterocycles. The summed E-state index contributed by atoms with van der Waals surface area (Å²) in [5.41, 5.74) is 4.21. The standard InChI is InChI=1S/C21H25ClO2/c1-20-9-7-14(24)11-13(20)3-4-15-16-5-6-18(19(22)12-23)21(16,2)10-8-17(15)20/h8,11-12,15-16H,3-7,9-10H2,1-2H3/t15-,16-,20-,21-/m0/s1. The van der Waals surface area contributed by atoms with Crippen LogP contribution in [-0.2, 0) is 9.59 Å². The number of allylic oxidation sites excluding steroid dienone is 6. The number of rotatable bonds is 1. The van der Waals surface area contributed by atoms with E-state index in [-0.39, 0.29) is 10.8 Å². The lowest BCUT2D eigenvalue weighted by molar-refractivity contribution is -0.115. The summed E-state index contributed by atoms with van der Waals surface area (Å²) < 4.78 is 0. The van der Waals surface area contributed by atoms with Gasteiger partial charge in [0.2, 0.25) is 0 Å². The highest BCUT2D eigenvalue weighted by atomic mass is 35.5. The third-order valence-corrected chi connectivity index (χ3v) is 7.83. The summed E-state index contributed by atoms with van der Waals surface area (Å²) in [6.45, 7) is 4.65. The zero-order valence-electron chi connectivity index (χ0n) is 14.5. The van der Waals surface area contributed by atoms with Crippen molar-refractivity contribution in [2.75, 3.05) is 0 Å². The highest BCUT2D eigenvalue weighted by molar-refractivity contribution is 6.39.